The van der Waals surface area contributed by atoms with E-state index in [1.165, 1.54) is 24.8 Å². The third-order valence-electron chi connectivity index (χ3n) is 2.42. The summed E-state index contributed by atoms with van der Waals surface area (Å²) >= 11 is 6.44. The van der Waals surface area contributed by atoms with E-state index >= 15 is 0 Å². The van der Waals surface area contributed by atoms with E-state index in [4.69, 9.17) is 0 Å². The molecule has 0 bridgehead atoms. The van der Waals surface area contributed by atoms with Crippen LogP contribution in [0.2, 0.25) is 0 Å². The van der Waals surface area contributed by atoms with E-state index in [1.54, 1.807) is 0 Å². The lowest BCUT2D eigenvalue weighted by Crippen LogP contribution is -2.03. The molecule has 0 aliphatic carbocycles. The Morgan fingerprint density at radius 1 is 1.31 bits per heavy atom. The van der Waals surface area contributed by atoms with Crippen molar-refractivity contribution in [3.63, 3.8) is 0 Å². The van der Waals surface area contributed by atoms with Gasteiger partial charge in [0.15, 0.2) is 0 Å². The molecule has 16 heavy (non-hydrogen) atoms. The maximum absolute atomic E-state index is 4.03. The first-order valence-corrected chi connectivity index (χ1v) is 13.5. The van der Waals surface area contributed by atoms with Crippen molar-refractivity contribution < 1.29 is 0 Å². The average molecular weight is 363 g/mol. The van der Waals surface area contributed by atoms with Gasteiger partial charge < -0.3 is 0 Å². The number of allylic oxidation sites excluding steroid dienone is 2. The van der Waals surface area contributed by atoms with Gasteiger partial charge in [-0.1, -0.05) is 38.5 Å². The summed E-state index contributed by atoms with van der Waals surface area (Å²) in [5.74, 6) is 1.23. The van der Waals surface area contributed by atoms with E-state index in [-0.39, 0.29) is 16.0 Å². The van der Waals surface area contributed by atoms with Crippen molar-refractivity contribution in [2.24, 2.45) is 11.8 Å². The van der Waals surface area contributed by atoms with Gasteiger partial charge in [-0.3, -0.25) is 25.8 Å². The summed E-state index contributed by atoms with van der Waals surface area (Å²) < 4.78 is 0. The highest BCUT2D eigenvalue weighted by Gasteiger charge is 2.08. The van der Waals surface area contributed by atoms with Crippen LogP contribution in [0.5, 0.6) is 0 Å². The molecule has 2 atom stereocenters. The topological polar surface area (TPSA) is 0 Å². The van der Waals surface area contributed by atoms with Gasteiger partial charge in [-0.25, -0.2) is 0 Å². The molecule has 91 valence electrons. The minimum Gasteiger partial charge on any atom is -0.280 e. The van der Waals surface area contributed by atoms with E-state index in [1.807, 2.05) is 6.08 Å². The molecular formula is C13H23Br2Mg. The highest BCUT2D eigenvalue weighted by atomic mass is 79.9. The zero-order valence-corrected chi connectivity index (χ0v) is 15.2. The van der Waals surface area contributed by atoms with Crippen LogP contribution in [-0.4, -0.2) is 16.0 Å². The van der Waals surface area contributed by atoms with Crippen LogP contribution in [0.3, 0.4) is 0 Å². The molecule has 0 amide bonds. The minimum absolute atomic E-state index is 0.0417. The molecule has 0 aromatic rings. The molecular weight excluding hydrogens is 340 g/mol. The van der Waals surface area contributed by atoms with Gasteiger partial charge in [-0.2, -0.15) is 0 Å². The van der Waals surface area contributed by atoms with Crippen molar-refractivity contribution in [2.45, 2.75) is 39.5 Å². The Hall–Kier alpha value is 1.21. The van der Waals surface area contributed by atoms with Crippen molar-refractivity contribution in [1.29, 1.82) is 0 Å². The van der Waals surface area contributed by atoms with Crippen molar-refractivity contribution in [1.82, 2.24) is 0 Å². The van der Waals surface area contributed by atoms with E-state index in [2.05, 4.69) is 59.7 Å². The van der Waals surface area contributed by atoms with Crippen LogP contribution in [0.15, 0.2) is 24.8 Å². The second-order valence-electron chi connectivity index (χ2n) is 4.19. The van der Waals surface area contributed by atoms with Crippen LogP contribution in [0, 0.1) is 18.8 Å². The summed E-state index contributed by atoms with van der Waals surface area (Å²) in [5.41, 5.74) is 1.31. The Kier molecular flexibility index (Phi) is 17.4. The lowest BCUT2D eigenvalue weighted by Gasteiger charge is -2.17. The van der Waals surface area contributed by atoms with Gasteiger partial charge >= 0.3 is 16.0 Å². The molecule has 0 rings (SSSR count). The third-order valence-corrected chi connectivity index (χ3v) is 2.42. The molecule has 0 fully saturated rings. The highest BCUT2D eigenvalue weighted by molar-refractivity contribution is 9.47. The van der Waals surface area contributed by atoms with Gasteiger partial charge in [0.25, 0.3) is 0 Å². The fourth-order valence-electron chi connectivity index (χ4n) is 1.44. The van der Waals surface area contributed by atoms with Gasteiger partial charge in [0.1, 0.15) is 0 Å². The van der Waals surface area contributed by atoms with Crippen LogP contribution in [0.4, 0.5) is 0 Å². The van der Waals surface area contributed by atoms with Crippen molar-refractivity contribution >= 4 is 41.8 Å². The predicted octanol–water partition coefficient (Wildman–Crippen LogP) is 5.71. The first-order valence-electron chi connectivity index (χ1n) is 5.70. The smallest absolute Gasteiger partial charge is 0.280 e. The number of hydrogen-bond donors (Lipinski definition) is 0. The summed E-state index contributed by atoms with van der Waals surface area (Å²) in [4.78, 5) is 0. The molecule has 0 aromatic carbocycles. The first kappa shape index (κ1) is 19.5. The van der Waals surface area contributed by atoms with E-state index < -0.39 is 0 Å². The van der Waals surface area contributed by atoms with Crippen LogP contribution in [0.1, 0.15) is 39.5 Å². The summed E-state index contributed by atoms with van der Waals surface area (Å²) in [7, 11) is 0. The number of halogens is 2. The van der Waals surface area contributed by atoms with Gasteiger partial charge in [0.05, 0.1) is 0 Å². The average Bonchev–Trinajstić information content (AvgIpc) is 2.18. The zero-order valence-electron chi connectivity index (χ0n) is 10.6. The quantitative estimate of drug-likeness (QED) is 0.402. The Bertz CT molecular complexity index is 179. The van der Waals surface area contributed by atoms with E-state index in [9.17, 15) is 0 Å². The van der Waals surface area contributed by atoms with Crippen molar-refractivity contribution in [3.8, 4) is 0 Å². The molecule has 0 nitrogen and oxygen atoms in total. The van der Waals surface area contributed by atoms with Crippen LogP contribution in [-0.2, 0) is 0 Å². The lowest BCUT2D eigenvalue weighted by atomic mass is 9.89. The third kappa shape index (κ3) is 15.2. The predicted molar refractivity (Wildman–Crippen MR) is 85.1 cm³/mol. The monoisotopic (exact) mass is 361 g/mol. The Balaban J connectivity index is 0. The molecule has 3 heteroatoms. The molecule has 0 aliphatic heterocycles. The maximum Gasteiger partial charge on any atom is 0.560 e. The summed E-state index contributed by atoms with van der Waals surface area (Å²) in [6.45, 7) is 16.1. The minimum atomic E-state index is 0.0417. The molecule has 1 radical (unpaired) electrons. The number of rotatable bonds is 7. The molecule has 0 N–H and O–H groups in total. The lowest BCUT2D eigenvalue weighted by molar-refractivity contribution is 0.466. The second kappa shape index (κ2) is 14.3. The van der Waals surface area contributed by atoms with Gasteiger partial charge in [0.2, 0.25) is 0 Å². The van der Waals surface area contributed by atoms with Crippen LogP contribution in [0.25, 0.3) is 0 Å². The summed E-state index contributed by atoms with van der Waals surface area (Å²) in [6, 6.07) is 0. The van der Waals surface area contributed by atoms with Gasteiger partial charge in [-0.05, 0) is 38.0 Å². The Morgan fingerprint density at radius 2 is 1.81 bits per heavy atom. The van der Waals surface area contributed by atoms with Crippen LogP contribution < -0.4 is 0 Å². The molecule has 2 unspecified atom stereocenters. The molecule has 0 aromatic heterocycles. The summed E-state index contributed by atoms with van der Waals surface area (Å²) in [6.07, 6.45) is 6.72. The van der Waals surface area contributed by atoms with Crippen molar-refractivity contribution in [3.05, 3.63) is 31.7 Å². The first-order chi connectivity index (χ1) is 7.49. The zero-order chi connectivity index (χ0) is 13.0. The maximum atomic E-state index is 4.03. The van der Waals surface area contributed by atoms with Crippen molar-refractivity contribution in [2.75, 3.05) is 0 Å². The summed E-state index contributed by atoms with van der Waals surface area (Å²) in [5, 5.41) is 0. The Morgan fingerprint density at radius 3 is 2.12 bits per heavy atom. The number of hydrogen-bond acceptors (Lipinski definition) is 0. The van der Waals surface area contributed by atoms with E-state index in [0.29, 0.717) is 11.8 Å². The highest BCUT2D eigenvalue weighted by Crippen LogP contribution is 2.23. The molecule has 0 saturated carbocycles. The second-order valence-corrected chi connectivity index (χ2v) is 12.3. The normalized spacial score (nSPS) is 11.1. The van der Waals surface area contributed by atoms with E-state index in [0.717, 1.165) is 6.42 Å². The largest absolute Gasteiger partial charge is 0.560 e. The fraction of sp³-hybridized carbons (Fsp3) is 0.615. The molecule has 0 heterocycles. The van der Waals surface area contributed by atoms with Crippen LogP contribution >= 0.6 is 25.8 Å². The SMILES string of the molecule is [Br][Mg][Br].[CH2]C(C)CCC(CCC=C)C(=C)C. The molecule has 0 spiro atoms. The van der Waals surface area contributed by atoms with Gasteiger partial charge in [0, 0.05) is 0 Å². The molecule has 0 aliphatic rings. The molecule has 0 saturated heterocycles. The van der Waals surface area contributed by atoms with Gasteiger partial charge in [-0.15, -0.1) is 6.58 Å². The standard InChI is InChI=1S/C13H23.2BrH.Mg/c1-6-7-8-13(12(4)5)10-9-11(2)3;;;/h6,11,13H,1-2,4,7-10H2,3,5H3;2*1H;/q;;;+2/p-2. The fourth-order valence-corrected chi connectivity index (χ4v) is 1.44. The Labute approximate surface area is 124 Å².